The van der Waals surface area contributed by atoms with E-state index in [9.17, 15) is 19.1 Å². The highest BCUT2D eigenvalue weighted by atomic mass is 35.5. The molecule has 2 saturated heterocycles. The average Bonchev–Trinajstić information content (AvgIpc) is 3.54. The van der Waals surface area contributed by atoms with Gasteiger partial charge in [0.1, 0.15) is 29.2 Å². The molecule has 1 amide bonds. The van der Waals surface area contributed by atoms with Crippen LogP contribution in [-0.2, 0) is 23.4 Å². The zero-order chi connectivity index (χ0) is 34.0. The summed E-state index contributed by atoms with van der Waals surface area (Å²) >= 11 is 7.40. The molecule has 3 atom stereocenters. The Morgan fingerprint density at radius 1 is 1.12 bits per heavy atom. The first-order valence-electron chi connectivity index (χ1n) is 16.0. The molecular formula is C36H39ClFN5O5. The van der Waals surface area contributed by atoms with Crippen molar-refractivity contribution in [2.24, 2.45) is 0 Å². The van der Waals surface area contributed by atoms with Gasteiger partial charge in [0.25, 0.3) is 5.91 Å². The van der Waals surface area contributed by atoms with Crippen molar-refractivity contribution in [2.75, 3.05) is 33.9 Å². The van der Waals surface area contributed by atoms with Crippen LogP contribution >= 0.6 is 11.6 Å². The summed E-state index contributed by atoms with van der Waals surface area (Å²) in [5, 5.41) is 12.0. The Hall–Kier alpha value is -4.32. The van der Waals surface area contributed by atoms with Crippen LogP contribution in [0.15, 0.2) is 66.9 Å². The Balaban J connectivity index is 1.35. The summed E-state index contributed by atoms with van der Waals surface area (Å²) in [6, 6.07) is 12.6. The van der Waals surface area contributed by atoms with Crippen molar-refractivity contribution in [3.05, 3.63) is 101 Å². The number of benzene rings is 1. The van der Waals surface area contributed by atoms with E-state index in [2.05, 4.69) is 10.3 Å². The minimum absolute atomic E-state index is 0.0950. The molecule has 0 radical (unpaired) electrons. The lowest BCUT2D eigenvalue weighted by atomic mass is 9.79. The quantitative estimate of drug-likeness (QED) is 0.274. The molecule has 0 spiro atoms. The summed E-state index contributed by atoms with van der Waals surface area (Å²) in [6.45, 7) is 4.17. The monoisotopic (exact) mass is 675 g/mol. The number of carbonyl (C=O) groups excluding carboxylic acids is 1. The number of likely N-dealkylation sites (tertiary alicyclic amines) is 2. The number of hydrogen-bond acceptors (Lipinski definition) is 8. The highest BCUT2D eigenvalue weighted by Gasteiger charge is 2.45. The molecule has 2 unspecified atom stereocenters. The third-order valence-electron chi connectivity index (χ3n) is 9.37. The summed E-state index contributed by atoms with van der Waals surface area (Å²) < 4.78 is 24.9. The number of carbonyl (C=O) groups is 2. The second-order valence-corrected chi connectivity index (χ2v) is 12.9. The van der Waals surface area contributed by atoms with Gasteiger partial charge in [-0.15, -0.1) is 11.6 Å². The van der Waals surface area contributed by atoms with Crippen molar-refractivity contribution in [2.45, 2.75) is 56.0 Å². The number of aryl methyl sites for hydroxylation is 1. The molecule has 12 heteroatoms. The number of amides is 1. The first kappa shape index (κ1) is 33.6. The van der Waals surface area contributed by atoms with Crippen LogP contribution in [0.3, 0.4) is 0 Å². The third kappa shape index (κ3) is 6.54. The maximum Gasteiger partial charge on any atom is 0.320 e. The van der Waals surface area contributed by atoms with Crippen molar-refractivity contribution in [3.63, 3.8) is 0 Å². The van der Waals surface area contributed by atoms with Gasteiger partial charge < -0.3 is 19.9 Å². The van der Waals surface area contributed by atoms with Gasteiger partial charge >= 0.3 is 5.97 Å². The van der Waals surface area contributed by atoms with Crippen LogP contribution in [0, 0.1) is 6.92 Å². The molecule has 3 aromatic rings. The molecule has 48 heavy (non-hydrogen) atoms. The minimum Gasteiger partial charge on any atom is -0.496 e. The largest absolute Gasteiger partial charge is 0.496 e. The zero-order valence-electron chi connectivity index (χ0n) is 27.2. The van der Waals surface area contributed by atoms with Crippen molar-refractivity contribution in [1.82, 2.24) is 25.1 Å². The Bertz CT molecular complexity index is 1760. The fraction of sp³-hybridized carbons (Fsp3) is 0.389. The van der Waals surface area contributed by atoms with Crippen molar-refractivity contribution in [1.29, 1.82) is 0 Å². The number of alkyl halides is 2. The van der Waals surface area contributed by atoms with Gasteiger partial charge in [0.05, 0.1) is 25.3 Å². The molecule has 1 aromatic carbocycles. The van der Waals surface area contributed by atoms with Crippen molar-refractivity contribution < 1.29 is 28.6 Å². The van der Waals surface area contributed by atoms with E-state index in [1.165, 1.54) is 14.2 Å². The predicted octanol–water partition coefficient (Wildman–Crippen LogP) is 4.89. The van der Waals surface area contributed by atoms with Crippen LogP contribution < -0.4 is 14.8 Å². The molecule has 2 N–H and O–H groups in total. The summed E-state index contributed by atoms with van der Waals surface area (Å²) in [7, 11) is 3.03. The number of nitrogens with zero attached hydrogens (tertiary/aromatic N) is 4. The fourth-order valence-electron chi connectivity index (χ4n) is 6.76. The summed E-state index contributed by atoms with van der Waals surface area (Å²) in [5.41, 5.74) is 3.46. The van der Waals surface area contributed by atoms with Gasteiger partial charge in [-0.25, -0.2) is 9.37 Å². The number of allylic oxidation sites excluding steroid dienone is 2. The third-order valence-corrected chi connectivity index (χ3v) is 9.94. The lowest BCUT2D eigenvalue weighted by Crippen LogP contribution is -2.52. The van der Waals surface area contributed by atoms with E-state index in [4.69, 9.17) is 26.1 Å². The van der Waals surface area contributed by atoms with E-state index in [0.29, 0.717) is 62.0 Å². The topological polar surface area (TPSA) is 117 Å². The van der Waals surface area contributed by atoms with Gasteiger partial charge in [-0.1, -0.05) is 48.6 Å². The molecule has 4 heterocycles. The first-order chi connectivity index (χ1) is 23.1. The summed E-state index contributed by atoms with van der Waals surface area (Å²) in [5.74, 6) is -0.583. The SMILES string of the molecule is COc1cc(C(=O)NC2(c3ccc(CN4CC(F)C4)c(OC)n3)C=CC=C(c3ccccc3C)C2Cl)ncc1CN1CCC[C@H]1C(=O)O. The van der Waals surface area contributed by atoms with Crippen LogP contribution in [0.5, 0.6) is 11.6 Å². The fourth-order valence-corrected chi connectivity index (χ4v) is 7.19. The predicted molar refractivity (Wildman–Crippen MR) is 180 cm³/mol. The Morgan fingerprint density at radius 3 is 2.62 bits per heavy atom. The highest BCUT2D eigenvalue weighted by Crippen LogP contribution is 2.42. The van der Waals surface area contributed by atoms with E-state index >= 15 is 0 Å². The zero-order valence-corrected chi connectivity index (χ0v) is 27.9. The van der Waals surface area contributed by atoms with Crippen LogP contribution in [0.4, 0.5) is 4.39 Å². The number of carboxylic acids is 1. The van der Waals surface area contributed by atoms with E-state index in [1.807, 2.05) is 71.3 Å². The van der Waals surface area contributed by atoms with Crippen molar-refractivity contribution in [3.8, 4) is 11.6 Å². The van der Waals surface area contributed by atoms with E-state index < -0.39 is 35.0 Å². The lowest BCUT2D eigenvalue weighted by Gasteiger charge is -2.39. The standard InChI is InChI=1S/C36H39ClFN5O5/c1-22-8-4-5-9-26(22)27-10-6-14-36(32(27)37,31-13-12-23(34(40-31)48-3)18-42-20-25(38)21-42)41-33(44)28-16-30(47-2)24(17-39-28)19-43-15-7-11-29(43)35(45)46/h4-6,8-10,12-14,16-17,25,29,32H,7,11,15,18-21H2,1-3H3,(H,41,44)(H,45,46)/t29-,32?,36?/m0/s1. The van der Waals surface area contributed by atoms with E-state index in [0.717, 1.165) is 28.7 Å². The molecule has 2 aliphatic heterocycles. The van der Waals surface area contributed by atoms with Crippen molar-refractivity contribution >= 4 is 29.1 Å². The highest BCUT2D eigenvalue weighted by molar-refractivity contribution is 6.28. The van der Waals surface area contributed by atoms with Gasteiger partial charge in [0, 0.05) is 49.6 Å². The number of hydrogen-bond donors (Lipinski definition) is 2. The lowest BCUT2D eigenvalue weighted by molar-refractivity contribution is -0.142. The first-order valence-corrected chi connectivity index (χ1v) is 16.4. The number of nitrogens with one attached hydrogen (secondary N) is 1. The van der Waals surface area contributed by atoms with E-state index in [1.54, 1.807) is 12.3 Å². The number of aliphatic carboxylic acids is 1. The summed E-state index contributed by atoms with van der Waals surface area (Å²) in [4.78, 5) is 39.1. The van der Waals surface area contributed by atoms with Gasteiger partial charge in [0.2, 0.25) is 5.88 Å². The molecule has 10 nitrogen and oxygen atoms in total. The molecule has 2 aromatic heterocycles. The van der Waals surface area contributed by atoms with Gasteiger partial charge in [0.15, 0.2) is 0 Å². The minimum atomic E-state index is -1.32. The Morgan fingerprint density at radius 2 is 1.92 bits per heavy atom. The van der Waals surface area contributed by atoms with Gasteiger partial charge in [-0.3, -0.25) is 24.4 Å². The number of ether oxygens (including phenoxy) is 2. The molecule has 3 aliphatic rings. The number of rotatable bonds is 11. The molecule has 1 aliphatic carbocycles. The maximum absolute atomic E-state index is 14.1. The van der Waals surface area contributed by atoms with Crippen LogP contribution in [-0.4, -0.2) is 88.2 Å². The maximum atomic E-state index is 14.1. The van der Waals surface area contributed by atoms with Crippen LogP contribution in [0.2, 0.25) is 0 Å². The molecule has 6 rings (SSSR count). The number of aromatic nitrogens is 2. The molecule has 252 valence electrons. The average molecular weight is 676 g/mol. The number of pyridine rings is 2. The molecule has 2 fully saturated rings. The number of carboxylic acid groups (broad SMARTS) is 1. The molecular weight excluding hydrogens is 637 g/mol. The Labute approximate surface area is 284 Å². The van der Waals surface area contributed by atoms with Crippen LogP contribution in [0.25, 0.3) is 5.57 Å². The number of halogens is 2. The van der Waals surface area contributed by atoms with Gasteiger partial charge in [-0.2, -0.15) is 0 Å². The van der Waals surface area contributed by atoms with E-state index in [-0.39, 0.29) is 5.69 Å². The second kappa shape index (κ2) is 14.0. The second-order valence-electron chi connectivity index (χ2n) is 12.5. The normalized spacial score (nSPS) is 23.0. The smallest absolute Gasteiger partial charge is 0.320 e. The summed E-state index contributed by atoms with van der Waals surface area (Å²) in [6.07, 6.45) is 7.70. The molecule has 0 bridgehead atoms. The molecule has 0 saturated carbocycles. The van der Waals surface area contributed by atoms with Crippen LogP contribution in [0.1, 0.15) is 51.3 Å². The van der Waals surface area contributed by atoms with Gasteiger partial charge in [-0.05, 0) is 49.1 Å². The Kier molecular flexibility index (Phi) is 9.82. The number of methoxy groups -OCH3 is 2.